The van der Waals surface area contributed by atoms with E-state index in [1.807, 2.05) is 0 Å². The van der Waals surface area contributed by atoms with Crippen LogP contribution in [0.5, 0.6) is 0 Å². The Hall–Kier alpha value is -1.50. The predicted octanol–water partition coefficient (Wildman–Crippen LogP) is 3.58. The van der Waals surface area contributed by atoms with Crippen LogP contribution in [-0.4, -0.2) is 24.8 Å². The number of aromatic nitrogens is 1. The van der Waals surface area contributed by atoms with Crippen LogP contribution < -0.4 is 10.6 Å². The van der Waals surface area contributed by atoms with E-state index in [4.69, 9.17) is 5.73 Å². The molecule has 102 valence electrons. The number of fused-ring (bicyclic) bond motifs is 1. The van der Waals surface area contributed by atoms with Crippen molar-refractivity contribution in [3.05, 3.63) is 28.9 Å². The van der Waals surface area contributed by atoms with Gasteiger partial charge in [0, 0.05) is 16.9 Å². The quantitative estimate of drug-likeness (QED) is 0.913. The van der Waals surface area contributed by atoms with Gasteiger partial charge in [0.1, 0.15) is 6.54 Å². The van der Waals surface area contributed by atoms with Crippen LogP contribution in [0, 0.1) is 0 Å². The van der Waals surface area contributed by atoms with Gasteiger partial charge >= 0.3 is 6.18 Å². The number of hydrogen-bond donors (Lipinski definition) is 1. The van der Waals surface area contributed by atoms with Gasteiger partial charge in [0.05, 0.1) is 23.1 Å². The topological polar surface area (TPSA) is 42.1 Å². The van der Waals surface area contributed by atoms with Gasteiger partial charge in [-0.3, -0.25) is 4.98 Å². The monoisotopic (exact) mass is 333 g/mol. The summed E-state index contributed by atoms with van der Waals surface area (Å²) in [4.78, 5) is 5.20. The number of rotatable bonds is 2. The minimum atomic E-state index is -4.29. The molecule has 1 aromatic carbocycles. The van der Waals surface area contributed by atoms with E-state index < -0.39 is 12.7 Å². The number of nitrogens with two attached hydrogens (primary N) is 1. The summed E-state index contributed by atoms with van der Waals surface area (Å²) in [6.07, 6.45) is -2.92. The molecule has 0 bridgehead atoms. The van der Waals surface area contributed by atoms with E-state index in [0.717, 1.165) is 9.37 Å². The first kappa shape index (κ1) is 13.9. The van der Waals surface area contributed by atoms with E-state index in [-0.39, 0.29) is 5.69 Å². The Labute approximate surface area is 116 Å². The second kappa shape index (κ2) is 4.88. The fraction of sp³-hybridized carbons (Fsp3) is 0.250. The summed E-state index contributed by atoms with van der Waals surface area (Å²) < 4.78 is 38.2. The van der Waals surface area contributed by atoms with Crippen molar-refractivity contribution >= 4 is 38.2 Å². The molecule has 0 aliphatic carbocycles. The summed E-state index contributed by atoms with van der Waals surface area (Å²) in [5, 5.41) is 0.584. The van der Waals surface area contributed by atoms with Crippen LogP contribution >= 0.6 is 15.9 Å². The van der Waals surface area contributed by atoms with E-state index in [1.54, 1.807) is 18.2 Å². The third kappa shape index (κ3) is 3.09. The van der Waals surface area contributed by atoms with Gasteiger partial charge in [0.25, 0.3) is 0 Å². The molecule has 0 spiro atoms. The Balaban J connectivity index is 2.57. The first-order valence-corrected chi connectivity index (χ1v) is 6.19. The lowest BCUT2D eigenvalue weighted by atomic mass is 10.1. The molecule has 0 amide bonds. The smallest absolute Gasteiger partial charge is 0.396 e. The third-order valence-electron chi connectivity index (χ3n) is 2.63. The molecule has 7 heteroatoms. The lowest BCUT2D eigenvalue weighted by Crippen LogP contribution is -2.31. The van der Waals surface area contributed by atoms with E-state index in [0.29, 0.717) is 16.6 Å². The van der Waals surface area contributed by atoms with Crippen LogP contribution in [0.1, 0.15) is 0 Å². The molecule has 0 radical (unpaired) electrons. The van der Waals surface area contributed by atoms with Crippen molar-refractivity contribution in [1.82, 2.24) is 4.98 Å². The number of benzene rings is 1. The molecule has 3 nitrogen and oxygen atoms in total. The van der Waals surface area contributed by atoms with Crippen molar-refractivity contribution in [2.45, 2.75) is 6.18 Å². The molecule has 1 aromatic heterocycles. The maximum Gasteiger partial charge on any atom is 0.405 e. The summed E-state index contributed by atoms with van der Waals surface area (Å²) >= 11 is 3.29. The second-order valence-electron chi connectivity index (χ2n) is 4.19. The summed E-state index contributed by atoms with van der Waals surface area (Å²) in [7, 11) is 1.36. The van der Waals surface area contributed by atoms with Crippen LogP contribution in [0.2, 0.25) is 0 Å². The number of anilines is 2. The van der Waals surface area contributed by atoms with Crippen molar-refractivity contribution in [2.24, 2.45) is 0 Å². The number of nitrogen functional groups attached to an aromatic ring is 1. The average Bonchev–Trinajstić information content (AvgIpc) is 2.25. The van der Waals surface area contributed by atoms with E-state index in [1.165, 1.54) is 13.2 Å². The van der Waals surface area contributed by atoms with Gasteiger partial charge in [-0.15, -0.1) is 0 Å². The number of hydrogen-bond acceptors (Lipinski definition) is 3. The summed E-state index contributed by atoms with van der Waals surface area (Å²) in [6, 6.07) is 5.21. The Morgan fingerprint density at radius 1 is 1.37 bits per heavy atom. The van der Waals surface area contributed by atoms with Gasteiger partial charge in [0.2, 0.25) is 0 Å². The zero-order valence-electron chi connectivity index (χ0n) is 10.0. The molecule has 0 aliphatic heterocycles. The van der Waals surface area contributed by atoms with Crippen molar-refractivity contribution in [3.63, 3.8) is 0 Å². The minimum absolute atomic E-state index is 0.220. The molecule has 2 aromatic rings. The summed E-state index contributed by atoms with van der Waals surface area (Å²) in [6.45, 7) is -1.07. The van der Waals surface area contributed by atoms with Crippen molar-refractivity contribution in [2.75, 3.05) is 24.2 Å². The summed E-state index contributed by atoms with van der Waals surface area (Å²) in [5.74, 6) is 0. The highest BCUT2D eigenvalue weighted by molar-refractivity contribution is 9.10. The molecular formula is C12H11BrF3N3. The molecule has 19 heavy (non-hydrogen) atoms. The predicted molar refractivity (Wildman–Crippen MR) is 73.2 cm³/mol. The largest absolute Gasteiger partial charge is 0.405 e. The molecular weight excluding hydrogens is 323 g/mol. The normalized spacial score (nSPS) is 11.8. The third-order valence-corrected chi connectivity index (χ3v) is 3.12. The standard InChI is InChI=1S/C12H11BrF3N3/c1-19(6-12(14,15)16)11-8-4-7(13)2-3-10(8)18-5-9(11)17/h2-5H,6,17H2,1H3. The first-order valence-electron chi connectivity index (χ1n) is 5.39. The van der Waals surface area contributed by atoms with Crippen molar-refractivity contribution in [3.8, 4) is 0 Å². The average molecular weight is 334 g/mol. The number of pyridine rings is 1. The molecule has 0 saturated heterocycles. The zero-order valence-corrected chi connectivity index (χ0v) is 11.6. The Kier molecular flexibility index (Phi) is 3.58. The van der Waals surface area contributed by atoms with Crippen LogP contribution in [0.15, 0.2) is 28.9 Å². The molecule has 0 saturated carbocycles. The van der Waals surface area contributed by atoms with Crippen molar-refractivity contribution in [1.29, 1.82) is 0 Å². The Morgan fingerprint density at radius 3 is 2.68 bits per heavy atom. The van der Waals surface area contributed by atoms with E-state index in [2.05, 4.69) is 20.9 Å². The lowest BCUT2D eigenvalue weighted by molar-refractivity contribution is -0.119. The van der Waals surface area contributed by atoms with E-state index in [9.17, 15) is 13.2 Å². The minimum Gasteiger partial charge on any atom is -0.396 e. The molecule has 2 N–H and O–H groups in total. The zero-order chi connectivity index (χ0) is 14.2. The molecule has 0 fully saturated rings. The van der Waals surface area contributed by atoms with Gasteiger partial charge in [-0.25, -0.2) is 0 Å². The maximum absolute atomic E-state index is 12.5. The molecule has 2 rings (SSSR count). The fourth-order valence-electron chi connectivity index (χ4n) is 1.94. The first-order chi connectivity index (χ1) is 8.78. The van der Waals surface area contributed by atoms with Crippen molar-refractivity contribution < 1.29 is 13.2 Å². The Bertz CT molecular complexity index is 608. The Morgan fingerprint density at radius 2 is 2.05 bits per heavy atom. The van der Waals surface area contributed by atoms with Gasteiger partial charge < -0.3 is 10.6 Å². The number of alkyl halides is 3. The fourth-order valence-corrected chi connectivity index (χ4v) is 2.30. The molecule has 1 heterocycles. The van der Waals surface area contributed by atoms with Crippen LogP contribution in [-0.2, 0) is 0 Å². The molecule has 0 unspecified atom stereocenters. The summed E-state index contributed by atoms with van der Waals surface area (Å²) in [5.41, 5.74) is 6.92. The molecule has 0 atom stereocenters. The van der Waals surface area contributed by atoms with Crippen LogP contribution in [0.3, 0.4) is 0 Å². The highest BCUT2D eigenvalue weighted by Crippen LogP contribution is 2.33. The van der Waals surface area contributed by atoms with E-state index >= 15 is 0 Å². The van der Waals surface area contributed by atoms with Gasteiger partial charge in [-0.1, -0.05) is 15.9 Å². The maximum atomic E-state index is 12.5. The van der Waals surface area contributed by atoms with Gasteiger partial charge in [-0.05, 0) is 18.2 Å². The van der Waals surface area contributed by atoms with Gasteiger partial charge in [-0.2, -0.15) is 13.2 Å². The second-order valence-corrected chi connectivity index (χ2v) is 5.11. The SMILES string of the molecule is CN(CC(F)(F)F)c1c(N)cnc2ccc(Br)cc12. The van der Waals surface area contributed by atoms with Gasteiger partial charge in [0.15, 0.2) is 0 Å². The highest BCUT2D eigenvalue weighted by Gasteiger charge is 2.30. The molecule has 0 aliphatic rings. The van der Waals surface area contributed by atoms with Crippen LogP contribution in [0.25, 0.3) is 10.9 Å². The van der Waals surface area contributed by atoms with Crippen LogP contribution in [0.4, 0.5) is 24.5 Å². The number of halogens is 4. The lowest BCUT2D eigenvalue weighted by Gasteiger charge is -2.23. The number of nitrogens with zero attached hydrogens (tertiary/aromatic N) is 2. The highest BCUT2D eigenvalue weighted by atomic mass is 79.9.